The quantitative estimate of drug-likeness (QED) is 0.584. The molecule has 0 aliphatic heterocycles. The number of nitrogens with one attached hydrogen (secondary N) is 2. The zero-order chi connectivity index (χ0) is 16.4. The molecule has 1 fully saturated rings. The Morgan fingerprint density at radius 3 is 2.78 bits per heavy atom. The fraction of sp³-hybridized carbons (Fsp3) is 0.375. The third-order valence-electron chi connectivity index (χ3n) is 3.58. The molecule has 1 saturated carbocycles. The maximum absolute atomic E-state index is 9.20. The van der Waals surface area contributed by atoms with Gasteiger partial charge in [-0.3, -0.25) is 0 Å². The molecule has 2 aromatic rings. The van der Waals surface area contributed by atoms with Gasteiger partial charge in [-0.25, -0.2) is 4.98 Å². The number of aliphatic hydroxyl groups is 1. The highest BCUT2D eigenvalue weighted by Gasteiger charge is 2.26. The third-order valence-corrected chi connectivity index (χ3v) is 4.57. The van der Waals surface area contributed by atoms with E-state index in [1.807, 2.05) is 31.2 Å². The highest BCUT2D eigenvalue weighted by atomic mass is 127. The first-order valence-electron chi connectivity index (χ1n) is 7.53. The Kier molecular flexibility index (Phi) is 5.23. The van der Waals surface area contributed by atoms with Gasteiger partial charge in [-0.05, 0) is 60.6 Å². The van der Waals surface area contributed by atoms with Gasteiger partial charge in [0.05, 0.1) is 23.0 Å². The molecule has 0 saturated heterocycles. The molecule has 0 radical (unpaired) electrons. The van der Waals surface area contributed by atoms with Crippen LogP contribution in [0.15, 0.2) is 24.3 Å². The van der Waals surface area contributed by atoms with Crippen LogP contribution in [0, 0.1) is 3.57 Å². The highest BCUT2D eigenvalue weighted by Crippen LogP contribution is 2.40. The van der Waals surface area contributed by atoms with E-state index < -0.39 is 0 Å². The van der Waals surface area contributed by atoms with Crippen molar-refractivity contribution >= 4 is 51.6 Å². The standard InChI is InChI=1S/C16H18ClIN4O/c1-9(8-23)19-16-21-14(10-2-3-10)7-15(22-16)20-13-5-4-11(18)6-12(13)17/h4-7,9-10,23H,2-3,8H2,1H3,(H2,19,20,21,22)/t9-/m1/s1. The smallest absolute Gasteiger partial charge is 0.225 e. The topological polar surface area (TPSA) is 70.1 Å². The SMILES string of the molecule is C[C@H](CO)Nc1nc(Nc2ccc(I)cc2Cl)cc(C2CC2)n1. The van der Waals surface area contributed by atoms with Crippen molar-refractivity contribution in [3.63, 3.8) is 0 Å². The average Bonchev–Trinajstić information content (AvgIpc) is 3.34. The first-order valence-corrected chi connectivity index (χ1v) is 8.99. The van der Waals surface area contributed by atoms with Gasteiger partial charge in [0.15, 0.2) is 0 Å². The number of hydrogen-bond acceptors (Lipinski definition) is 5. The minimum absolute atomic E-state index is 0.0305. The first kappa shape index (κ1) is 16.7. The summed E-state index contributed by atoms with van der Waals surface area (Å²) >= 11 is 8.51. The average molecular weight is 445 g/mol. The lowest BCUT2D eigenvalue weighted by Gasteiger charge is -2.14. The van der Waals surface area contributed by atoms with Crippen LogP contribution < -0.4 is 10.6 Å². The molecule has 122 valence electrons. The number of rotatable bonds is 6. The second kappa shape index (κ2) is 7.19. The molecule has 0 spiro atoms. The number of aromatic nitrogens is 2. The zero-order valence-electron chi connectivity index (χ0n) is 12.7. The van der Waals surface area contributed by atoms with E-state index in [9.17, 15) is 5.11 Å². The summed E-state index contributed by atoms with van der Waals surface area (Å²) in [6.07, 6.45) is 2.32. The second-order valence-electron chi connectivity index (χ2n) is 5.75. The van der Waals surface area contributed by atoms with Crippen LogP contribution in [0.2, 0.25) is 5.02 Å². The van der Waals surface area contributed by atoms with E-state index in [0.29, 0.717) is 22.7 Å². The molecular formula is C16H18ClIN4O. The lowest BCUT2D eigenvalue weighted by molar-refractivity contribution is 0.281. The van der Waals surface area contributed by atoms with E-state index in [4.69, 9.17) is 11.6 Å². The van der Waals surface area contributed by atoms with Crippen LogP contribution in [-0.4, -0.2) is 27.7 Å². The molecule has 0 bridgehead atoms. The van der Waals surface area contributed by atoms with E-state index in [2.05, 4.69) is 43.2 Å². The molecule has 0 amide bonds. The van der Waals surface area contributed by atoms with Crippen LogP contribution in [-0.2, 0) is 0 Å². The Balaban J connectivity index is 1.87. The van der Waals surface area contributed by atoms with Gasteiger partial charge in [-0.1, -0.05) is 11.6 Å². The summed E-state index contributed by atoms with van der Waals surface area (Å²) in [6, 6.07) is 7.71. The lowest BCUT2D eigenvalue weighted by Crippen LogP contribution is -2.21. The molecule has 3 N–H and O–H groups in total. The van der Waals surface area contributed by atoms with E-state index in [1.165, 1.54) is 0 Å². The van der Waals surface area contributed by atoms with Crippen molar-refractivity contribution in [2.75, 3.05) is 17.2 Å². The van der Waals surface area contributed by atoms with Gasteiger partial charge in [-0.15, -0.1) is 0 Å². The van der Waals surface area contributed by atoms with Crippen LogP contribution in [0.4, 0.5) is 17.5 Å². The molecule has 1 aromatic carbocycles. The molecule has 1 aliphatic carbocycles. The minimum Gasteiger partial charge on any atom is -0.394 e. The summed E-state index contributed by atoms with van der Waals surface area (Å²) in [5.74, 6) is 1.74. The highest BCUT2D eigenvalue weighted by molar-refractivity contribution is 14.1. The van der Waals surface area contributed by atoms with Crippen molar-refractivity contribution in [3.05, 3.63) is 38.6 Å². The third kappa shape index (κ3) is 4.45. The predicted molar refractivity (Wildman–Crippen MR) is 102 cm³/mol. The van der Waals surface area contributed by atoms with Gasteiger partial charge < -0.3 is 15.7 Å². The Morgan fingerprint density at radius 2 is 2.13 bits per heavy atom. The Labute approximate surface area is 154 Å². The second-order valence-corrected chi connectivity index (χ2v) is 7.41. The van der Waals surface area contributed by atoms with Crippen molar-refractivity contribution in [1.29, 1.82) is 0 Å². The van der Waals surface area contributed by atoms with Crippen molar-refractivity contribution in [2.45, 2.75) is 31.7 Å². The van der Waals surface area contributed by atoms with Gasteiger partial charge in [0.2, 0.25) is 5.95 Å². The molecular weight excluding hydrogens is 427 g/mol. The van der Waals surface area contributed by atoms with E-state index in [-0.39, 0.29) is 12.6 Å². The van der Waals surface area contributed by atoms with Crippen LogP contribution in [0.3, 0.4) is 0 Å². The van der Waals surface area contributed by atoms with E-state index >= 15 is 0 Å². The zero-order valence-corrected chi connectivity index (χ0v) is 15.6. The fourth-order valence-electron chi connectivity index (χ4n) is 2.18. The molecule has 1 aliphatic rings. The minimum atomic E-state index is -0.0980. The number of hydrogen-bond donors (Lipinski definition) is 3. The van der Waals surface area contributed by atoms with Crippen molar-refractivity contribution in [1.82, 2.24) is 9.97 Å². The lowest BCUT2D eigenvalue weighted by atomic mass is 10.2. The number of anilines is 3. The molecule has 5 nitrogen and oxygen atoms in total. The summed E-state index contributed by atoms with van der Waals surface area (Å²) in [4.78, 5) is 9.04. The molecule has 0 unspecified atom stereocenters. The first-order chi connectivity index (χ1) is 11.0. The number of halogens is 2. The Morgan fingerprint density at radius 1 is 1.35 bits per heavy atom. The van der Waals surface area contributed by atoms with Gasteiger partial charge in [0, 0.05) is 21.6 Å². The monoisotopic (exact) mass is 444 g/mol. The van der Waals surface area contributed by atoms with E-state index in [1.54, 1.807) is 0 Å². The maximum Gasteiger partial charge on any atom is 0.225 e. The van der Waals surface area contributed by atoms with Crippen LogP contribution in [0.25, 0.3) is 0 Å². The molecule has 1 atom stereocenters. The maximum atomic E-state index is 9.20. The Hall–Kier alpha value is -1.12. The van der Waals surface area contributed by atoms with E-state index in [0.717, 1.165) is 27.8 Å². The molecule has 1 aromatic heterocycles. The van der Waals surface area contributed by atoms with Gasteiger partial charge in [0.25, 0.3) is 0 Å². The molecule has 1 heterocycles. The summed E-state index contributed by atoms with van der Waals surface area (Å²) in [5, 5.41) is 16.2. The van der Waals surface area contributed by atoms with Crippen LogP contribution >= 0.6 is 34.2 Å². The van der Waals surface area contributed by atoms with Crippen LogP contribution in [0.1, 0.15) is 31.4 Å². The number of benzene rings is 1. The molecule has 3 rings (SSSR count). The predicted octanol–water partition coefficient (Wildman–Crippen LogP) is 4.15. The van der Waals surface area contributed by atoms with Crippen molar-refractivity contribution in [2.24, 2.45) is 0 Å². The normalized spacial score (nSPS) is 15.3. The van der Waals surface area contributed by atoms with Crippen LogP contribution in [0.5, 0.6) is 0 Å². The largest absolute Gasteiger partial charge is 0.394 e. The fourth-order valence-corrected chi connectivity index (χ4v) is 3.08. The molecule has 7 heteroatoms. The summed E-state index contributed by atoms with van der Waals surface area (Å²) < 4.78 is 1.08. The van der Waals surface area contributed by atoms with Crippen molar-refractivity contribution in [3.8, 4) is 0 Å². The van der Waals surface area contributed by atoms with Gasteiger partial charge in [-0.2, -0.15) is 4.98 Å². The Bertz CT molecular complexity index is 708. The summed E-state index contributed by atoms with van der Waals surface area (Å²) in [7, 11) is 0. The molecule has 23 heavy (non-hydrogen) atoms. The van der Waals surface area contributed by atoms with Gasteiger partial charge >= 0.3 is 0 Å². The number of aliphatic hydroxyl groups excluding tert-OH is 1. The van der Waals surface area contributed by atoms with Crippen molar-refractivity contribution < 1.29 is 5.11 Å². The number of nitrogens with zero attached hydrogens (tertiary/aromatic N) is 2. The van der Waals surface area contributed by atoms with Gasteiger partial charge in [0.1, 0.15) is 5.82 Å². The summed E-state index contributed by atoms with van der Waals surface area (Å²) in [5.41, 5.74) is 1.84. The summed E-state index contributed by atoms with van der Waals surface area (Å²) in [6.45, 7) is 1.92.